The van der Waals surface area contributed by atoms with Gasteiger partial charge in [0, 0.05) is 16.5 Å². The summed E-state index contributed by atoms with van der Waals surface area (Å²) in [5, 5.41) is 0. The summed E-state index contributed by atoms with van der Waals surface area (Å²) >= 11 is 0. The van der Waals surface area contributed by atoms with Crippen LogP contribution in [0.5, 0.6) is 23.0 Å². The van der Waals surface area contributed by atoms with Crippen molar-refractivity contribution in [3.05, 3.63) is 47.5 Å². The molecular weight excluding hydrogens is 260 g/mol. The van der Waals surface area contributed by atoms with Crippen molar-refractivity contribution in [3.63, 3.8) is 0 Å². The first-order valence-corrected chi connectivity index (χ1v) is 7.93. The molecule has 0 unspecified atom stereocenters. The van der Waals surface area contributed by atoms with Gasteiger partial charge in [-0.3, -0.25) is 0 Å². The smallest absolute Gasteiger partial charge is 0.135 e. The van der Waals surface area contributed by atoms with Crippen LogP contribution in [0.25, 0.3) is 0 Å². The summed E-state index contributed by atoms with van der Waals surface area (Å²) in [6.45, 7) is 4.53. The van der Waals surface area contributed by atoms with Crippen molar-refractivity contribution >= 4 is 0 Å². The minimum atomic E-state index is 0.0534. The van der Waals surface area contributed by atoms with E-state index in [1.165, 1.54) is 11.1 Å². The Morgan fingerprint density at radius 1 is 0.714 bits per heavy atom. The van der Waals surface area contributed by atoms with Crippen molar-refractivity contribution < 1.29 is 9.47 Å². The molecule has 0 saturated heterocycles. The van der Waals surface area contributed by atoms with Crippen LogP contribution in [-0.2, 0) is 5.41 Å². The van der Waals surface area contributed by atoms with Gasteiger partial charge in [0.2, 0.25) is 0 Å². The highest BCUT2D eigenvalue weighted by Crippen LogP contribution is 2.61. The van der Waals surface area contributed by atoms with Crippen LogP contribution in [0, 0.1) is 0 Å². The normalized spacial score (nSPS) is 13.8. The fourth-order valence-electron chi connectivity index (χ4n) is 4.05. The fourth-order valence-corrected chi connectivity index (χ4v) is 4.05. The molecule has 0 aliphatic carbocycles. The number of hydrogen-bond donors (Lipinski definition) is 0. The average Bonchev–Trinajstić information content (AvgIpc) is 2.49. The molecule has 2 heterocycles. The zero-order chi connectivity index (χ0) is 14.4. The summed E-state index contributed by atoms with van der Waals surface area (Å²) in [5.41, 5.74) is 2.84. The third kappa shape index (κ3) is 1.59. The molecule has 0 amide bonds. The molecule has 2 aromatic carbocycles. The van der Waals surface area contributed by atoms with E-state index in [-0.39, 0.29) is 5.41 Å². The van der Waals surface area contributed by atoms with Gasteiger partial charge >= 0.3 is 0 Å². The molecular formula is C19H20O2. The van der Waals surface area contributed by atoms with E-state index >= 15 is 0 Å². The second kappa shape index (κ2) is 4.52. The van der Waals surface area contributed by atoms with Crippen molar-refractivity contribution in [1.29, 1.82) is 0 Å². The Morgan fingerprint density at radius 3 is 1.38 bits per heavy atom. The van der Waals surface area contributed by atoms with E-state index in [1.54, 1.807) is 0 Å². The summed E-state index contributed by atoms with van der Waals surface area (Å²) in [6.07, 6.45) is 4.59. The van der Waals surface area contributed by atoms with Gasteiger partial charge in [-0.15, -0.1) is 0 Å². The molecule has 2 aliphatic heterocycles. The molecule has 4 rings (SSSR count). The lowest BCUT2D eigenvalue weighted by Gasteiger charge is -2.44. The molecule has 21 heavy (non-hydrogen) atoms. The van der Waals surface area contributed by atoms with Crippen LogP contribution >= 0.6 is 0 Å². The van der Waals surface area contributed by atoms with E-state index in [2.05, 4.69) is 50.2 Å². The van der Waals surface area contributed by atoms with Crippen molar-refractivity contribution in [2.75, 3.05) is 0 Å². The molecule has 0 fully saturated rings. The Morgan fingerprint density at radius 2 is 1.10 bits per heavy atom. The third-order valence-corrected chi connectivity index (χ3v) is 4.73. The monoisotopic (exact) mass is 280 g/mol. The first kappa shape index (κ1) is 12.8. The van der Waals surface area contributed by atoms with Gasteiger partial charge in [-0.1, -0.05) is 38.8 Å². The van der Waals surface area contributed by atoms with Crippen molar-refractivity contribution in [2.24, 2.45) is 0 Å². The largest absolute Gasteiger partial charge is 0.456 e. The van der Waals surface area contributed by atoms with Crippen LogP contribution in [0.15, 0.2) is 36.4 Å². The van der Waals surface area contributed by atoms with E-state index < -0.39 is 0 Å². The van der Waals surface area contributed by atoms with Gasteiger partial charge in [-0.25, -0.2) is 0 Å². The number of hydrogen-bond acceptors (Lipinski definition) is 2. The SMILES string of the molecule is CCCC(CCC)(c1c2cccc1O2)c1c2cccc1O2. The highest BCUT2D eigenvalue weighted by atomic mass is 16.5. The van der Waals surface area contributed by atoms with Crippen LogP contribution in [-0.4, -0.2) is 0 Å². The van der Waals surface area contributed by atoms with Gasteiger partial charge in [-0.2, -0.15) is 0 Å². The number of benzene rings is 2. The lowest BCUT2D eigenvalue weighted by atomic mass is 9.65. The van der Waals surface area contributed by atoms with Gasteiger partial charge in [0.05, 0.1) is 0 Å². The molecule has 0 N–H and O–H groups in total. The first-order valence-electron chi connectivity index (χ1n) is 7.93. The van der Waals surface area contributed by atoms with Crippen LogP contribution in [0.1, 0.15) is 50.7 Å². The molecule has 2 heteroatoms. The second-order valence-electron chi connectivity index (χ2n) is 6.04. The molecule has 0 aromatic heterocycles. The lowest BCUT2D eigenvalue weighted by molar-refractivity contribution is 0.303. The quantitative estimate of drug-likeness (QED) is 0.445. The molecule has 4 bridgehead atoms. The molecule has 0 atom stereocenters. The van der Waals surface area contributed by atoms with Crippen LogP contribution in [0.2, 0.25) is 0 Å². The third-order valence-electron chi connectivity index (χ3n) is 4.73. The Balaban J connectivity index is 1.92. The summed E-state index contributed by atoms with van der Waals surface area (Å²) in [7, 11) is 0. The Bertz CT molecular complexity index is 601. The van der Waals surface area contributed by atoms with E-state index in [0.29, 0.717) is 0 Å². The predicted octanol–water partition coefficient (Wildman–Crippen LogP) is 5.78. The summed E-state index contributed by atoms with van der Waals surface area (Å²) < 4.78 is 11.6. The predicted molar refractivity (Wildman–Crippen MR) is 83.6 cm³/mol. The van der Waals surface area contributed by atoms with E-state index in [4.69, 9.17) is 9.47 Å². The highest BCUT2D eigenvalue weighted by Gasteiger charge is 2.47. The second-order valence-corrected chi connectivity index (χ2v) is 6.04. The Labute approximate surface area is 125 Å². The van der Waals surface area contributed by atoms with Gasteiger partial charge in [0.25, 0.3) is 0 Å². The van der Waals surface area contributed by atoms with E-state index in [0.717, 1.165) is 48.7 Å². The maximum atomic E-state index is 5.78. The Kier molecular flexibility index (Phi) is 2.75. The van der Waals surface area contributed by atoms with Crippen LogP contribution < -0.4 is 9.47 Å². The summed E-state index contributed by atoms with van der Waals surface area (Å²) in [4.78, 5) is 0. The molecule has 108 valence electrons. The minimum Gasteiger partial charge on any atom is -0.456 e. The zero-order valence-electron chi connectivity index (χ0n) is 12.6. The summed E-state index contributed by atoms with van der Waals surface area (Å²) in [5.74, 6) is 4.21. The van der Waals surface area contributed by atoms with E-state index in [9.17, 15) is 0 Å². The molecule has 0 radical (unpaired) electrons. The summed E-state index contributed by atoms with van der Waals surface area (Å²) in [6, 6.07) is 12.5. The number of fused-ring (bicyclic) bond motifs is 4. The van der Waals surface area contributed by atoms with Crippen molar-refractivity contribution in [1.82, 2.24) is 0 Å². The van der Waals surface area contributed by atoms with Crippen molar-refractivity contribution in [2.45, 2.75) is 44.9 Å². The van der Waals surface area contributed by atoms with Crippen LogP contribution in [0.4, 0.5) is 0 Å². The highest BCUT2D eigenvalue weighted by molar-refractivity contribution is 5.69. The topological polar surface area (TPSA) is 18.5 Å². The maximum absolute atomic E-state index is 5.78. The van der Waals surface area contributed by atoms with Gasteiger partial charge in [-0.05, 0) is 37.1 Å². The Hall–Kier alpha value is -1.96. The molecule has 0 saturated carbocycles. The maximum Gasteiger partial charge on any atom is 0.135 e. The minimum absolute atomic E-state index is 0.0534. The molecule has 2 nitrogen and oxygen atoms in total. The van der Waals surface area contributed by atoms with Gasteiger partial charge < -0.3 is 9.47 Å². The standard InChI is InChI=1S/C19H20O2/c1-3-11-19(12-4-2,17-13-7-5-8-14(17)20-13)18-15-9-6-10-16(18)21-15/h5-10H,3-4,11-12H2,1-2H3. The first-order chi connectivity index (χ1) is 10.3. The van der Waals surface area contributed by atoms with Crippen LogP contribution in [0.3, 0.4) is 0 Å². The fraction of sp³-hybridized carbons (Fsp3) is 0.368. The number of ether oxygens (including phenoxy) is 2. The number of rotatable bonds is 6. The van der Waals surface area contributed by atoms with Gasteiger partial charge in [0.1, 0.15) is 23.0 Å². The lowest BCUT2D eigenvalue weighted by Crippen LogP contribution is -2.34. The molecule has 2 aromatic rings. The zero-order valence-corrected chi connectivity index (χ0v) is 12.6. The average molecular weight is 280 g/mol. The molecule has 2 aliphatic rings. The van der Waals surface area contributed by atoms with Crippen molar-refractivity contribution in [3.8, 4) is 23.0 Å². The molecule has 0 spiro atoms. The van der Waals surface area contributed by atoms with Gasteiger partial charge in [0.15, 0.2) is 0 Å². The van der Waals surface area contributed by atoms with E-state index in [1.807, 2.05) is 0 Å².